The summed E-state index contributed by atoms with van der Waals surface area (Å²) in [6.07, 6.45) is -3.31. The largest absolute Gasteiger partial charge is 0.416 e. The van der Waals surface area contributed by atoms with E-state index >= 15 is 0 Å². The number of rotatable bonds is 0. The Morgan fingerprint density at radius 1 is 1.07 bits per heavy atom. The molecule has 0 saturated carbocycles. The summed E-state index contributed by atoms with van der Waals surface area (Å²) in [5, 5.41) is 0.238. The van der Waals surface area contributed by atoms with Crippen molar-refractivity contribution in [2.75, 3.05) is 0 Å². The second kappa shape index (κ2) is 2.73. The fourth-order valence-electron chi connectivity index (χ4n) is 1.28. The van der Waals surface area contributed by atoms with Gasteiger partial charge in [-0.2, -0.15) is 18.0 Å². The lowest BCUT2D eigenvalue weighted by Crippen LogP contribution is -2.04. The third-order valence-corrected chi connectivity index (χ3v) is 1.97. The van der Waals surface area contributed by atoms with Crippen LogP contribution in [0.1, 0.15) is 5.56 Å². The van der Waals surface area contributed by atoms with E-state index in [9.17, 15) is 17.7 Å². The lowest BCUT2D eigenvalue weighted by Gasteiger charge is -2.05. The van der Waals surface area contributed by atoms with E-state index in [1.54, 1.807) is 0 Å². The van der Waals surface area contributed by atoms with Crippen LogP contribution in [0.2, 0.25) is 0 Å². The molecular weight excluding hydrogens is 198 g/mol. The minimum atomic E-state index is -4.38. The van der Waals surface area contributed by atoms with Crippen molar-refractivity contribution in [1.82, 2.24) is 4.79 Å². The zero-order valence-electron chi connectivity index (χ0n) is 6.85. The topological polar surface area (TPSA) is 4.93 Å². The molecule has 0 radical (unpaired) electrons. The summed E-state index contributed by atoms with van der Waals surface area (Å²) < 4.78 is 49.5. The van der Waals surface area contributed by atoms with E-state index in [4.69, 9.17) is 0 Å². The molecule has 2 aromatic rings. The Bertz CT molecular complexity index is 469. The molecule has 5 heteroatoms. The molecule has 0 saturated heterocycles. The van der Waals surface area contributed by atoms with Crippen molar-refractivity contribution in [3.63, 3.8) is 0 Å². The Labute approximate surface area is 76.5 Å². The number of alkyl halides is 3. The van der Waals surface area contributed by atoms with Crippen LogP contribution in [0.25, 0.3) is 10.9 Å². The fraction of sp³-hybridized carbons (Fsp3) is 0.111. The molecule has 0 bridgehead atoms. The van der Waals surface area contributed by atoms with Crippen molar-refractivity contribution < 1.29 is 17.7 Å². The van der Waals surface area contributed by atoms with E-state index in [1.165, 1.54) is 6.07 Å². The molecule has 0 amide bonds. The van der Waals surface area contributed by atoms with Gasteiger partial charge in [-0.15, -0.1) is 0 Å². The van der Waals surface area contributed by atoms with Gasteiger partial charge in [-0.1, -0.05) is 4.48 Å². The van der Waals surface area contributed by atoms with Gasteiger partial charge in [-0.05, 0) is 24.3 Å². The van der Waals surface area contributed by atoms with Crippen LogP contribution in [-0.4, -0.2) is 4.79 Å². The van der Waals surface area contributed by atoms with Gasteiger partial charge < -0.3 is 0 Å². The summed E-state index contributed by atoms with van der Waals surface area (Å²) in [7, 11) is 0. The Kier molecular flexibility index (Phi) is 1.77. The first-order valence-electron chi connectivity index (χ1n) is 3.83. The smallest absolute Gasteiger partial charge is 0.186 e. The molecule has 74 valence electrons. The first-order valence-corrected chi connectivity index (χ1v) is 3.83. The summed E-state index contributed by atoms with van der Waals surface area (Å²) in [6.45, 7) is 0. The molecule has 0 aliphatic rings. The maximum atomic E-state index is 12.8. The summed E-state index contributed by atoms with van der Waals surface area (Å²) >= 11 is 0. The highest BCUT2D eigenvalue weighted by atomic mass is 19.4. The molecule has 14 heavy (non-hydrogen) atoms. The quantitative estimate of drug-likeness (QED) is 0.578. The maximum absolute atomic E-state index is 12.8. The van der Waals surface area contributed by atoms with Crippen LogP contribution in [0.3, 0.4) is 0 Å². The van der Waals surface area contributed by atoms with Gasteiger partial charge in [0.15, 0.2) is 0 Å². The minimum Gasteiger partial charge on any atom is -0.186 e. The Morgan fingerprint density at radius 2 is 1.79 bits per heavy atom. The van der Waals surface area contributed by atoms with Crippen LogP contribution in [0.4, 0.5) is 17.7 Å². The number of halogens is 4. The van der Waals surface area contributed by atoms with Gasteiger partial charge in [0.25, 0.3) is 0 Å². The predicted octanol–water partition coefficient (Wildman–Crippen LogP) is 3.39. The summed E-state index contributed by atoms with van der Waals surface area (Å²) in [4.78, 5) is 0.287. The number of hydrogen-bond donors (Lipinski definition) is 0. The third kappa shape index (κ3) is 1.34. The SMILES string of the molecule is Fn1ccc2cc(C(F)(F)F)ccc21. The highest BCUT2D eigenvalue weighted by Gasteiger charge is 2.30. The summed E-state index contributed by atoms with van der Waals surface area (Å²) in [6, 6.07) is 4.19. The predicted molar refractivity (Wildman–Crippen MR) is 43.4 cm³/mol. The molecular formula is C9H5F4N. The van der Waals surface area contributed by atoms with Crippen molar-refractivity contribution in [2.24, 2.45) is 0 Å². The van der Waals surface area contributed by atoms with Gasteiger partial charge in [0.1, 0.15) is 0 Å². The van der Waals surface area contributed by atoms with E-state index in [2.05, 4.69) is 0 Å². The molecule has 0 N–H and O–H groups in total. The van der Waals surface area contributed by atoms with Crippen molar-refractivity contribution in [3.05, 3.63) is 36.0 Å². The molecule has 1 heterocycles. The maximum Gasteiger partial charge on any atom is 0.416 e. The van der Waals surface area contributed by atoms with E-state index < -0.39 is 11.7 Å². The van der Waals surface area contributed by atoms with E-state index in [0.29, 0.717) is 0 Å². The number of hydrogen-bond acceptors (Lipinski definition) is 0. The molecule has 1 nitrogen and oxygen atoms in total. The molecule has 0 atom stereocenters. The Balaban J connectivity index is 2.63. The summed E-state index contributed by atoms with van der Waals surface area (Å²) in [5.74, 6) is 0. The van der Waals surface area contributed by atoms with Gasteiger partial charge in [-0.25, -0.2) is 0 Å². The molecule has 0 spiro atoms. The monoisotopic (exact) mass is 203 g/mol. The molecule has 0 aliphatic heterocycles. The number of nitrogens with zero attached hydrogens (tertiary/aromatic N) is 1. The van der Waals surface area contributed by atoms with Gasteiger partial charge in [0, 0.05) is 11.6 Å². The van der Waals surface area contributed by atoms with Gasteiger partial charge in [-0.3, -0.25) is 0 Å². The molecule has 2 rings (SSSR count). The van der Waals surface area contributed by atoms with Crippen molar-refractivity contribution >= 4 is 10.9 Å². The second-order valence-corrected chi connectivity index (χ2v) is 2.90. The highest BCUT2D eigenvalue weighted by molar-refractivity contribution is 5.80. The first kappa shape index (κ1) is 9.05. The third-order valence-electron chi connectivity index (χ3n) is 1.97. The Morgan fingerprint density at radius 3 is 2.43 bits per heavy atom. The lowest BCUT2D eigenvalue weighted by atomic mass is 10.1. The molecule has 0 fully saturated rings. The minimum absolute atomic E-state index is 0.137. The summed E-state index contributed by atoms with van der Waals surface area (Å²) in [5.41, 5.74) is -0.630. The molecule has 1 aromatic heterocycles. The van der Waals surface area contributed by atoms with Gasteiger partial charge in [0.2, 0.25) is 0 Å². The van der Waals surface area contributed by atoms with Crippen LogP contribution in [0, 0.1) is 0 Å². The number of benzene rings is 1. The van der Waals surface area contributed by atoms with Crippen molar-refractivity contribution in [1.29, 1.82) is 0 Å². The van der Waals surface area contributed by atoms with Crippen LogP contribution < -0.4 is 0 Å². The molecule has 1 aromatic carbocycles. The van der Waals surface area contributed by atoms with Crippen LogP contribution in [0.15, 0.2) is 30.5 Å². The van der Waals surface area contributed by atoms with E-state index in [1.807, 2.05) is 0 Å². The zero-order valence-corrected chi connectivity index (χ0v) is 6.85. The standard InChI is InChI=1S/C9H5F4N/c10-9(11,12)7-1-2-8-6(5-7)3-4-14(8)13/h1-5H. The Hall–Kier alpha value is -1.52. The number of aromatic nitrogens is 1. The van der Waals surface area contributed by atoms with Crippen LogP contribution in [0.5, 0.6) is 0 Å². The zero-order chi connectivity index (χ0) is 10.3. The molecule has 0 aliphatic carbocycles. The van der Waals surface area contributed by atoms with Crippen molar-refractivity contribution in [2.45, 2.75) is 6.18 Å². The normalized spacial score (nSPS) is 12.3. The molecule has 0 unspecified atom stereocenters. The van der Waals surface area contributed by atoms with E-state index in [-0.39, 0.29) is 15.7 Å². The van der Waals surface area contributed by atoms with E-state index in [0.717, 1.165) is 24.4 Å². The first-order chi connectivity index (χ1) is 6.48. The second-order valence-electron chi connectivity index (χ2n) is 2.90. The number of fused-ring (bicyclic) bond motifs is 1. The lowest BCUT2D eigenvalue weighted by molar-refractivity contribution is -0.137. The van der Waals surface area contributed by atoms with Gasteiger partial charge >= 0.3 is 6.18 Å². The van der Waals surface area contributed by atoms with Crippen LogP contribution in [-0.2, 0) is 6.18 Å². The van der Waals surface area contributed by atoms with Crippen molar-refractivity contribution in [3.8, 4) is 0 Å². The fourth-order valence-corrected chi connectivity index (χ4v) is 1.28. The van der Waals surface area contributed by atoms with Crippen LogP contribution >= 0.6 is 0 Å². The average Bonchev–Trinajstić information content (AvgIpc) is 2.46. The average molecular weight is 203 g/mol. The van der Waals surface area contributed by atoms with Gasteiger partial charge in [0.05, 0.1) is 11.1 Å². The highest BCUT2D eigenvalue weighted by Crippen LogP contribution is 2.31.